The van der Waals surface area contributed by atoms with Crippen LogP contribution in [0.25, 0.3) is 0 Å². The smallest absolute Gasteiger partial charge is 0.169 e. The normalized spacial score (nSPS) is 12.6. The molecule has 2 rings (SSSR count). The molecule has 1 aromatic heterocycles. The van der Waals surface area contributed by atoms with E-state index >= 15 is 0 Å². The van der Waals surface area contributed by atoms with E-state index in [2.05, 4.69) is 52.4 Å². The van der Waals surface area contributed by atoms with Crippen molar-refractivity contribution in [3.63, 3.8) is 0 Å². The fourth-order valence-electron chi connectivity index (χ4n) is 2.07. The van der Waals surface area contributed by atoms with E-state index in [1.54, 1.807) is 0 Å². The molecular weight excluding hydrogens is 278 g/mol. The van der Waals surface area contributed by atoms with Crippen LogP contribution < -0.4 is 5.32 Å². The zero-order valence-electron chi connectivity index (χ0n) is 10.0. The van der Waals surface area contributed by atoms with Gasteiger partial charge in [-0.25, -0.2) is 0 Å². The highest BCUT2D eigenvalue weighted by molar-refractivity contribution is 9.10. The fourth-order valence-corrected chi connectivity index (χ4v) is 2.39. The van der Waals surface area contributed by atoms with Crippen molar-refractivity contribution in [1.29, 1.82) is 0 Å². The van der Waals surface area contributed by atoms with Gasteiger partial charge in [0.25, 0.3) is 0 Å². The van der Waals surface area contributed by atoms with Crippen LogP contribution in [0, 0.1) is 0 Å². The number of furan rings is 1. The lowest BCUT2D eigenvalue weighted by molar-refractivity contribution is 0.446. The topological polar surface area (TPSA) is 25.2 Å². The highest BCUT2D eigenvalue weighted by atomic mass is 79.9. The molecule has 1 heterocycles. The molecule has 0 bridgehead atoms. The van der Waals surface area contributed by atoms with Crippen molar-refractivity contribution >= 4 is 15.9 Å². The standard InChI is InChI=1S/C14H16BrNO/c1-3-10-6-4-5-7-11(10)14(16-2)12-8-9-13(15)17-12/h4-9,14,16H,3H2,1-2H3. The van der Waals surface area contributed by atoms with Crippen molar-refractivity contribution in [2.24, 2.45) is 0 Å². The molecule has 0 amide bonds. The molecule has 3 heteroatoms. The van der Waals surface area contributed by atoms with E-state index in [-0.39, 0.29) is 6.04 Å². The molecule has 1 atom stereocenters. The summed E-state index contributed by atoms with van der Waals surface area (Å²) in [5, 5.41) is 3.31. The molecule has 0 saturated carbocycles. The molecule has 2 aromatic rings. The van der Waals surface area contributed by atoms with Gasteiger partial charge in [-0.2, -0.15) is 0 Å². The van der Waals surface area contributed by atoms with Crippen molar-refractivity contribution in [2.45, 2.75) is 19.4 Å². The van der Waals surface area contributed by atoms with Gasteiger partial charge in [-0.05, 0) is 52.7 Å². The summed E-state index contributed by atoms with van der Waals surface area (Å²) in [4.78, 5) is 0. The zero-order valence-corrected chi connectivity index (χ0v) is 11.6. The second-order valence-electron chi connectivity index (χ2n) is 3.92. The van der Waals surface area contributed by atoms with Crippen molar-refractivity contribution < 1.29 is 4.42 Å². The van der Waals surface area contributed by atoms with Gasteiger partial charge in [-0.3, -0.25) is 0 Å². The Morgan fingerprint density at radius 3 is 2.59 bits per heavy atom. The van der Waals surface area contributed by atoms with Gasteiger partial charge in [-0.1, -0.05) is 31.2 Å². The Morgan fingerprint density at radius 2 is 2.00 bits per heavy atom. The largest absolute Gasteiger partial charge is 0.452 e. The van der Waals surface area contributed by atoms with Gasteiger partial charge in [0.2, 0.25) is 0 Å². The molecule has 2 nitrogen and oxygen atoms in total. The molecule has 0 aliphatic heterocycles. The van der Waals surface area contributed by atoms with E-state index < -0.39 is 0 Å². The molecular formula is C14H16BrNO. The molecule has 0 aliphatic rings. The van der Waals surface area contributed by atoms with Crippen molar-refractivity contribution in [3.05, 3.63) is 58.0 Å². The predicted molar refractivity (Wildman–Crippen MR) is 73.1 cm³/mol. The third kappa shape index (κ3) is 2.61. The monoisotopic (exact) mass is 293 g/mol. The van der Waals surface area contributed by atoms with Gasteiger partial charge in [0.1, 0.15) is 5.76 Å². The highest BCUT2D eigenvalue weighted by Gasteiger charge is 2.17. The van der Waals surface area contributed by atoms with Gasteiger partial charge >= 0.3 is 0 Å². The molecule has 17 heavy (non-hydrogen) atoms. The lowest BCUT2D eigenvalue weighted by Crippen LogP contribution is -2.18. The van der Waals surface area contributed by atoms with E-state index in [9.17, 15) is 0 Å². The minimum absolute atomic E-state index is 0.109. The van der Waals surface area contributed by atoms with Crippen LogP contribution in [0.15, 0.2) is 45.5 Å². The van der Waals surface area contributed by atoms with Gasteiger partial charge in [0.15, 0.2) is 4.67 Å². The van der Waals surface area contributed by atoms with Crippen molar-refractivity contribution in [3.8, 4) is 0 Å². The molecule has 1 N–H and O–H groups in total. The minimum atomic E-state index is 0.109. The lowest BCUT2D eigenvalue weighted by Gasteiger charge is -2.17. The predicted octanol–water partition coefficient (Wildman–Crippen LogP) is 3.91. The first-order valence-corrected chi connectivity index (χ1v) is 6.55. The summed E-state index contributed by atoms with van der Waals surface area (Å²) in [5.74, 6) is 0.931. The van der Waals surface area contributed by atoms with Crippen LogP contribution in [0.5, 0.6) is 0 Å². The maximum absolute atomic E-state index is 5.64. The average molecular weight is 294 g/mol. The molecule has 0 aliphatic carbocycles. The SMILES string of the molecule is CCc1ccccc1C(NC)c1ccc(Br)o1. The van der Waals surface area contributed by atoms with Gasteiger partial charge in [-0.15, -0.1) is 0 Å². The van der Waals surface area contributed by atoms with Crippen LogP contribution in [0.1, 0.15) is 29.9 Å². The minimum Gasteiger partial charge on any atom is -0.452 e. The molecule has 90 valence electrons. The Hall–Kier alpha value is -1.06. The second-order valence-corrected chi connectivity index (χ2v) is 4.70. The summed E-state index contributed by atoms with van der Waals surface area (Å²) < 4.78 is 6.41. The highest BCUT2D eigenvalue weighted by Crippen LogP contribution is 2.28. The average Bonchev–Trinajstić information content (AvgIpc) is 2.77. The Labute approximate surface area is 110 Å². The number of hydrogen-bond donors (Lipinski definition) is 1. The summed E-state index contributed by atoms with van der Waals surface area (Å²) in [6.45, 7) is 2.17. The molecule has 0 spiro atoms. The number of benzene rings is 1. The summed E-state index contributed by atoms with van der Waals surface area (Å²) in [6, 6.07) is 12.5. The maximum atomic E-state index is 5.64. The number of aryl methyl sites for hydroxylation is 1. The van der Waals surface area contributed by atoms with E-state index in [0.29, 0.717) is 0 Å². The number of hydrogen-bond acceptors (Lipinski definition) is 2. The third-order valence-corrected chi connectivity index (χ3v) is 3.34. The second kappa shape index (κ2) is 5.52. The van der Waals surface area contributed by atoms with Crippen LogP contribution in [-0.2, 0) is 6.42 Å². The van der Waals surface area contributed by atoms with Crippen LogP contribution in [-0.4, -0.2) is 7.05 Å². The van der Waals surface area contributed by atoms with Crippen molar-refractivity contribution in [1.82, 2.24) is 5.32 Å². The van der Waals surface area contributed by atoms with Crippen LogP contribution in [0.3, 0.4) is 0 Å². The van der Waals surface area contributed by atoms with E-state index in [1.165, 1.54) is 11.1 Å². The number of halogens is 1. The van der Waals surface area contributed by atoms with Crippen molar-refractivity contribution in [2.75, 3.05) is 7.05 Å². The van der Waals surface area contributed by atoms with Crippen LogP contribution >= 0.6 is 15.9 Å². The quantitative estimate of drug-likeness (QED) is 0.924. The van der Waals surface area contributed by atoms with E-state index in [0.717, 1.165) is 16.9 Å². The summed E-state index contributed by atoms with van der Waals surface area (Å²) in [6.07, 6.45) is 1.02. The molecule has 1 aromatic carbocycles. The number of rotatable bonds is 4. The third-order valence-electron chi connectivity index (χ3n) is 2.91. The molecule has 1 unspecified atom stereocenters. The fraction of sp³-hybridized carbons (Fsp3) is 0.286. The Bertz CT molecular complexity index is 492. The lowest BCUT2D eigenvalue weighted by atomic mass is 9.97. The van der Waals surface area contributed by atoms with Crippen LogP contribution in [0.2, 0.25) is 0 Å². The van der Waals surface area contributed by atoms with E-state index in [4.69, 9.17) is 4.42 Å². The first-order chi connectivity index (χ1) is 8.26. The first kappa shape index (κ1) is 12.4. The Morgan fingerprint density at radius 1 is 1.24 bits per heavy atom. The molecule has 0 saturated heterocycles. The first-order valence-electron chi connectivity index (χ1n) is 5.76. The van der Waals surface area contributed by atoms with Gasteiger partial charge in [0, 0.05) is 0 Å². The summed E-state index contributed by atoms with van der Waals surface area (Å²) >= 11 is 3.34. The molecule has 0 radical (unpaired) electrons. The zero-order chi connectivity index (χ0) is 12.3. The molecule has 0 fully saturated rings. The summed E-state index contributed by atoms with van der Waals surface area (Å²) in [5.41, 5.74) is 2.62. The summed E-state index contributed by atoms with van der Waals surface area (Å²) in [7, 11) is 1.95. The Kier molecular flexibility index (Phi) is 4.02. The van der Waals surface area contributed by atoms with Crippen LogP contribution in [0.4, 0.5) is 0 Å². The Balaban J connectivity index is 2.41. The number of nitrogens with one attached hydrogen (secondary N) is 1. The van der Waals surface area contributed by atoms with E-state index in [1.807, 2.05) is 19.2 Å². The maximum Gasteiger partial charge on any atom is 0.169 e. The van der Waals surface area contributed by atoms with Gasteiger partial charge in [0.05, 0.1) is 6.04 Å². The van der Waals surface area contributed by atoms with Gasteiger partial charge < -0.3 is 9.73 Å².